The number of carbonyl (C=O) groups is 2. The molecule has 9 nitrogen and oxygen atoms in total. The van der Waals surface area contributed by atoms with Gasteiger partial charge in [-0.2, -0.15) is 10.2 Å². The standard InChI is InChI=1S/C19H22BrN7O.C3H4O/c1-13-11-14(12-21-24-13)18(28)23-19-22-16-6-3-5-15(20)17(16)27(19)26-8-4-7-25(2)9-10-26;1-2-3-4/h3,5-6,11-12H,4,7-10H2,1-2H3,(H,22,23,28);2-3H,1H2. The number of hydrogen-bond donors (Lipinski definition) is 1. The fraction of sp³-hybridized carbons (Fsp3) is 0.318. The number of rotatable bonds is 4. The van der Waals surface area contributed by atoms with Gasteiger partial charge in [-0.3, -0.25) is 14.9 Å². The molecule has 1 N–H and O–H groups in total. The molecular weight excluding hydrogens is 474 g/mol. The van der Waals surface area contributed by atoms with E-state index in [1.807, 2.05) is 29.8 Å². The summed E-state index contributed by atoms with van der Waals surface area (Å²) in [6.45, 7) is 8.65. The Labute approximate surface area is 195 Å². The third-order valence-corrected chi connectivity index (χ3v) is 5.58. The molecule has 0 saturated carbocycles. The molecule has 1 fully saturated rings. The Morgan fingerprint density at radius 3 is 2.75 bits per heavy atom. The molecule has 2 aromatic heterocycles. The van der Waals surface area contributed by atoms with Crippen LogP contribution >= 0.6 is 15.9 Å². The Bertz CT molecular complexity index is 1110. The SMILES string of the molecule is C=CC=O.Cc1cc(C(=O)Nc2nc3cccc(Br)c3n2N2CCCN(C)CC2)cnn1. The van der Waals surface area contributed by atoms with Gasteiger partial charge in [0.15, 0.2) is 0 Å². The lowest BCUT2D eigenvalue weighted by Crippen LogP contribution is -2.39. The van der Waals surface area contributed by atoms with Gasteiger partial charge in [0.2, 0.25) is 5.95 Å². The summed E-state index contributed by atoms with van der Waals surface area (Å²) >= 11 is 3.65. The number of imidazole rings is 1. The molecule has 1 saturated heterocycles. The Morgan fingerprint density at radius 1 is 1.25 bits per heavy atom. The molecule has 1 aliphatic heterocycles. The number of carbonyl (C=O) groups excluding carboxylic acids is 2. The number of para-hydroxylation sites is 1. The minimum absolute atomic E-state index is 0.252. The molecule has 3 heterocycles. The van der Waals surface area contributed by atoms with Crippen molar-refractivity contribution in [2.75, 3.05) is 43.6 Å². The molecule has 1 amide bonds. The van der Waals surface area contributed by atoms with E-state index in [1.165, 1.54) is 12.3 Å². The van der Waals surface area contributed by atoms with Crippen LogP contribution in [-0.2, 0) is 4.79 Å². The van der Waals surface area contributed by atoms with Gasteiger partial charge >= 0.3 is 0 Å². The van der Waals surface area contributed by atoms with Gasteiger partial charge in [-0.05, 0) is 67.1 Å². The van der Waals surface area contributed by atoms with Gasteiger partial charge in [0.05, 0.1) is 23.0 Å². The highest BCUT2D eigenvalue weighted by molar-refractivity contribution is 9.10. The third-order valence-electron chi connectivity index (χ3n) is 4.94. The summed E-state index contributed by atoms with van der Waals surface area (Å²) in [6.07, 6.45) is 4.34. The Kier molecular flexibility index (Phi) is 8.07. The van der Waals surface area contributed by atoms with Crippen LogP contribution in [0.3, 0.4) is 0 Å². The number of benzene rings is 1. The van der Waals surface area contributed by atoms with Crippen molar-refractivity contribution >= 4 is 45.1 Å². The predicted molar refractivity (Wildman–Crippen MR) is 128 cm³/mol. The highest BCUT2D eigenvalue weighted by Gasteiger charge is 2.22. The first kappa shape index (κ1) is 23.6. The number of aryl methyl sites for hydroxylation is 1. The second kappa shape index (κ2) is 11.0. The van der Waals surface area contributed by atoms with E-state index in [1.54, 1.807) is 6.07 Å². The zero-order chi connectivity index (χ0) is 23.1. The molecule has 4 rings (SSSR count). The zero-order valence-corrected chi connectivity index (χ0v) is 19.7. The van der Waals surface area contributed by atoms with Gasteiger partial charge < -0.3 is 9.91 Å². The average molecular weight is 500 g/mol. The number of aldehydes is 1. The molecule has 0 atom stereocenters. The molecule has 168 valence electrons. The lowest BCUT2D eigenvalue weighted by atomic mass is 10.2. The van der Waals surface area contributed by atoms with Crippen LogP contribution in [0.5, 0.6) is 0 Å². The Morgan fingerprint density at radius 2 is 2.03 bits per heavy atom. The number of halogens is 1. The van der Waals surface area contributed by atoms with Crippen LogP contribution in [0.25, 0.3) is 11.0 Å². The average Bonchev–Trinajstić information content (AvgIpc) is 3.01. The number of nitrogens with one attached hydrogen (secondary N) is 1. The summed E-state index contributed by atoms with van der Waals surface area (Å²) < 4.78 is 2.97. The summed E-state index contributed by atoms with van der Waals surface area (Å²) in [5, 5.41) is 13.0. The molecule has 0 unspecified atom stereocenters. The molecule has 1 aliphatic rings. The van der Waals surface area contributed by atoms with Crippen molar-refractivity contribution in [3.63, 3.8) is 0 Å². The van der Waals surface area contributed by atoms with Gasteiger partial charge in [-0.15, -0.1) is 0 Å². The summed E-state index contributed by atoms with van der Waals surface area (Å²) in [4.78, 5) is 28.9. The van der Waals surface area contributed by atoms with Crippen LogP contribution < -0.4 is 10.3 Å². The van der Waals surface area contributed by atoms with Gasteiger partial charge in [0, 0.05) is 24.1 Å². The van der Waals surface area contributed by atoms with Crippen molar-refractivity contribution in [1.29, 1.82) is 0 Å². The second-order valence-electron chi connectivity index (χ2n) is 7.38. The van der Waals surface area contributed by atoms with Crippen LogP contribution in [0.4, 0.5) is 5.95 Å². The second-order valence-corrected chi connectivity index (χ2v) is 8.23. The van der Waals surface area contributed by atoms with E-state index in [4.69, 9.17) is 9.78 Å². The molecular formula is C22H26BrN7O2. The van der Waals surface area contributed by atoms with Crippen molar-refractivity contribution in [1.82, 2.24) is 24.8 Å². The van der Waals surface area contributed by atoms with Crippen LogP contribution in [0.2, 0.25) is 0 Å². The van der Waals surface area contributed by atoms with Crippen molar-refractivity contribution in [3.8, 4) is 0 Å². The van der Waals surface area contributed by atoms with E-state index in [2.05, 4.69) is 55.0 Å². The van der Waals surface area contributed by atoms with E-state index in [0.717, 1.165) is 48.1 Å². The number of allylic oxidation sites excluding steroid dienone is 1. The predicted octanol–water partition coefficient (Wildman–Crippen LogP) is 2.79. The molecule has 0 radical (unpaired) electrons. The number of anilines is 1. The Hall–Kier alpha value is -3.11. The smallest absolute Gasteiger partial charge is 0.259 e. The Balaban J connectivity index is 0.000000668. The minimum atomic E-state index is -0.252. The highest BCUT2D eigenvalue weighted by Crippen LogP contribution is 2.28. The van der Waals surface area contributed by atoms with Crippen molar-refractivity contribution in [2.24, 2.45) is 0 Å². The van der Waals surface area contributed by atoms with Crippen LogP contribution in [0.1, 0.15) is 22.5 Å². The lowest BCUT2D eigenvalue weighted by Gasteiger charge is -2.26. The van der Waals surface area contributed by atoms with Gasteiger partial charge in [0.25, 0.3) is 5.91 Å². The van der Waals surface area contributed by atoms with E-state index < -0.39 is 0 Å². The first-order chi connectivity index (χ1) is 15.4. The van der Waals surface area contributed by atoms with Crippen molar-refractivity contribution in [2.45, 2.75) is 13.3 Å². The minimum Gasteiger partial charge on any atom is -0.308 e. The summed E-state index contributed by atoms with van der Waals surface area (Å²) in [6, 6.07) is 7.61. The fourth-order valence-corrected chi connectivity index (χ4v) is 3.96. The van der Waals surface area contributed by atoms with Gasteiger partial charge in [0.1, 0.15) is 11.8 Å². The highest BCUT2D eigenvalue weighted by atomic mass is 79.9. The van der Waals surface area contributed by atoms with Crippen LogP contribution in [-0.4, -0.2) is 70.2 Å². The molecule has 1 aromatic carbocycles. The van der Waals surface area contributed by atoms with Crippen molar-refractivity contribution in [3.05, 3.63) is 58.8 Å². The topological polar surface area (TPSA) is 96.2 Å². The first-order valence-corrected chi connectivity index (χ1v) is 11.0. The quantitative estimate of drug-likeness (QED) is 0.435. The first-order valence-electron chi connectivity index (χ1n) is 10.2. The van der Waals surface area contributed by atoms with E-state index in [0.29, 0.717) is 23.5 Å². The lowest BCUT2D eigenvalue weighted by molar-refractivity contribution is -0.104. The molecule has 0 bridgehead atoms. The van der Waals surface area contributed by atoms with E-state index in [-0.39, 0.29) is 5.91 Å². The summed E-state index contributed by atoms with van der Waals surface area (Å²) in [5.74, 6) is 0.253. The van der Waals surface area contributed by atoms with Crippen LogP contribution in [0.15, 0.2) is 47.6 Å². The summed E-state index contributed by atoms with van der Waals surface area (Å²) in [7, 11) is 2.13. The number of amides is 1. The van der Waals surface area contributed by atoms with E-state index >= 15 is 0 Å². The monoisotopic (exact) mass is 499 g/mol. The number of likely N-dealkylation sites (N-methyl/N-ethyl adjacent to an activating group) is 1. The maximum atomic E-state index is 12.8. The van der Waals surface area contributed by atoms with E-state index in [9.17, 15) is 4.79 Å². The third kappa shape index (κ3) is 5.57. The fourth-order valence-electron chi connectivity index (χ4n) is 3.43. The van der Waals surface area contributed by atoms with Gasteiger partial charge in [-0.25, -0.2) is 9.66 Å². The number of hydrogen-bond acceptors (Lipinski definition) is 7. The molecule has 10 heteroatoms. The maximum Gasteiger partial charge on any atom is 0.259 e. The molecule has 0 spiro atoms. The number of fused-ring (bicyclic) bond motifs is 1. The summed E-state index contributed by atoms with van der Waals surface area (Å²) in [5.41, 5.74) is 2.93. The zero-order valence-electron chi connectivity index (χ0n) is 18.2. The largest absolute Gasteiger partial charge is 0.308 e. The molecule has 0 aliphatic carbocycles. The normalized spacial score (nSPS) is 14.3. The van der Waals surface area contributed by atoms with Crippen molar-refractivity contribution < 1.29 is 9.59 Å². The van der Waals surface area contributed by atoms with Gasteiger partial charge in [-0.1, -0.05) is 12.6 Å². The van der Waals surface area contributed by atoms with Crippen LogP contribution in [0, 0.1) is 6.92 Å². The number of aromatic nitrogens is 4. The molecule has 32 heavy (non-hydrogen) atoms. The maximum absolute atomic E-state index is 12.8. The molecule has 3 aromatic rings. The number of nitrogens with zero attached hydrogens (tertiary/aromatic N) is 6.